The van der Waals surface area contributed by atoms with Crippen molar-refractivity contribution in [3.63, 3.8) is 0 Å². The third-order valence-corrected chi connectivity index (χ3v) is 4.30. The van der Waals surface area contributed by atoms with E-state index in [4.69, 9.17) is 0 Å². The highest BCUT2D eigenvalue weighted by molar-refractivity contribution is 5.83. The third-order valence-electron chi connectivity index (χ3n) is 4.30. The molecule has 3 rings (SSSR count). The lowest BCUT2D eigenvalue weighted by molar-refractivity contribution is -0.134. The molecule has 23 heavy (non-hydrogen) atoms. The molecule has 0 radical (unpaired) electrons. The Balaban J connectivity index is 1.67. The zero-order valence-corrected chi connectivity index (χ0v) is 13.4. The molecule has 1 aliphatic rings. The van der Waals surface area contributed by atoms with Crippen molar-refractivity contribution < 1.29 is 4.79 Å². The van der Waals surface area contributed by atoms with Crippen molar-refractivity contribution in [2.24, 2.45) is 0 Å². The van der Waals surface area contributed by atoms with Crippen LogP contribution < -0.4 is 5.32 Å². The summed E-state index contributed by atoms with van der Waals surface area (Å²) in [5.41, 5.74) is 1.03. The van der Waals surface area contributed by atoms with E-state index in [-0.39, 0.29) is 11.9 Å². The van der Waals surface area contributed by atoms with E-state index in [0.717, 1.165) is 38.0 Å². The number of nitrogens with zero attached hydrogens (tertiary/aromatic N) is 3. The molecule has 2 aromatic rings. The molecule has 1 saturated heterocycles. The van der Waals surface area contributed by atoms with Crippen LogP contribution in [0.15, 0.2) is 48.8 Å². The second kappa shape index (κ2) is 7.92. The SMILES string of the molecule is O=C([C@H](NCCn1cccn1)c1ccccc1)N1CCCCC1. The van der Waals surface area contributed by atoms with Crippen LogP contribution in [0, 0.1) is 0 Å². The first-order valence-electron chi connectivity index (χ1n) is 8.39. The lowest BCUT2D eigenvalue weighted by atomic mass is 10.0. The zero-order valence-electron chi connectivity index (χ0n) is 13.4. The van der Waals surface area contributed by atoms with E-state index < -0.39 is 0 Å². The summed E-state index contributed by atoms with van der Waals surface area (Å²) in [6.07, 6.45) is 7.16. The Hall–Kier alpha value is -2.14. The fourth-order valence-corrected chi connectivity index (χ4v) is 3.05. The van der Waals surface area contributed by atoms with Crippen molar-refractivity contribution in [1.29, 1.82) is 0 Å². The molecule has 1 aliphatic heterocycles. The Labute approximate surface area is 137 Å². The summed E-state index contributed by atoms with van der Waals surface area (Å²) in [5.74, 6) is 0.191. The molecular formula is C18H24N4O. The van der Waals surface area contributed by atoms with Crippen LogP contribution in [0.4, 0.5) is 0 Å². The van der Waals surface area contributed by atoms with E-state index in [9.17, 15) is 4.79 Å². The summed E-state index contributed by atoms with van der Waals surface area (Å²) >= 11 is 0. The predicted molar refractivity (Wildman–Crippen MR) is 89.8 cm³/mol. The number of carbonyl (C=O) groups excluding carboxylic acids is 1. The van der Waals surface area contributed by atoms with E-state index >= 15 is 0 Å². The van der Waals surface area contributed by atoms with Crippen LogP contribution in [0.3, 0.4) is 0 Å². The van der Waals surface area contributed by atoms with E-state index in [1.165, 1.54) is 6.42 Å². The van der Waals surface area contributed by atoms with Crippen molar-refractivity contribution in [1.82, 2.24) is 20.0 Å². The Morgan fingerprint density at radius 3 is 2.61 bits per heavy atom. The maximum absolute atomic E-state index is 12.9. The number of benzene rings is 1. The van der Waals surface area contributed by atoms with Gasteiger partial charge in [0, 0.05) is 32.0 Å². The summed E-state index contributed by atoms with van der Waals surface area (Å²) in [5, 5.41) is 7.62. The molecule has 1 atom stereocenters. The van der Waals surface area contributed by atoms with Gasteiger partial charge in [0.25, 0.3) is 0 Å². The minimum absolute atomic E-state index is 0.191. The van der Waals surface area contributed by atoms with Crippen LogP contribution in [-0.4, -0.2) is 40.2 Å². The molecule has 0 spiro atoms. The van der Waals surface area contributed by atoms with Gasteiger partial charge in [-0.3, -0.25) is 9.48 Å². The minimum Gasteiger partial charge on any atom is -0.341 e. The maximum Gasteiger partial charge on any atom is 0.244 e. The van der Waals surface area contributed by atoms with Crippen molar-refractivity contribution in [3.05, 3.63) is 54.4 Å². The fourth-order valence-electron chi connectivity index (χ4n) is 3.05. The molecule has 1 aromatic carbocycles. The van der Waals surface area contributed by atoms with E-state index in [1.807, 2.05) is 52.2 Å². The fraction of sp³-hybridized carbons (Fsp3) is 0.444. The maximum atomic E-state index is 12.9. The first kappa shape index (κ1) is 15.7. The summed E-state index contributed by atoms with van der Waals surface area (Å²) in [7, 11) is 0. The second-order valence-corrected chi connectivity index (χ2v) is 5.95. The monoisotopic (exact) mass is 312 g/mol. The number of amides is 1. The number of hydrogen-bond acceptors (Lipinski definition) is 3. The second-order valence-electron chi connectivity index (χ2n) is 5.95. The largest absolute Gasteiger partial charge is 0.341 e. The lowest BCUT2D eigenvalue weighted by Gasteiger charge is -2.31. The van der Waals surface area contributed by atoms with Gasteiger partial charge in [0.1, 0.15) is 6.04 Å². The highest BCUT2D eigenvalue weighted by atomic mass is 16.2. The number of rotatable bonds is 6. The van der Waals surface area contributed by atoms with Crippen LogP contribution in [0.5, 0.6) is 0 Å². The van der Waals surface area contributed by atoms with Crippen LogP contribution in [0.25, 0.3) is 0 Å². The molecule has 0 bridgehead atoms. The Kier molecular flexibility index (Phi) is 5.42. The van der Waals surface area contributed by atoms with Crippen LogP contribution >= 0.6 is 0 Å². The quantitative estimate of drug-likeness (QED) is 0.890. The molecule has 0 unspecified atom stereocenters. The molecular weight excluding hydrogens is 288 g/mol. The van der Waals surface area contributed by atoms with Gasteiger partial charge >= 0.3 is 0 Å². The van der Waals surface area contributed by atoms with Crippen molar-refractivity contribution in [2.45, 2.75) is 31.8 Å². The molecule has 5 heteroatoms. The number of aromatic nitrogens is 2. The van der Waals surface area contributed by atoms with Crippen LogP contribution in [-0.2, 0) is 11.3 Å². The minimum atomic E-state index is -0.273. The standard InChI is InChI=1S/C18H24N4O/c23-18(21-12-5-2-6-13-21)17(16-8-3-1-4-9-16)19-11-15-22-14-7-10-20-22/h1,3-4,7-10,14,17,19H,2,5-6,11-13,15H2/t17-/m1/s1. The molecule has 122 valence electrons. The average Bonchev–Trinajstić information content (AvgIpc) is 3.13. The highest BCUT2D eigenvalue weighted by Crippen LogP contribution is 2.19. The highest BCUT2D eigenvalue weighted by Gasteiger charge is 2.26. The first-order valence-corrected chi connectivity index (χ1v) is 8.39. The van der Waals surface area contributed by atoms with Gasteiger partial charge in [-0.15, -0.1) is 0 Å². The number of carbonyl (C=O) groups is 1. The third kappa shape index (κ3) is 4.20. The van der Waals surface area contributed by atoms with Gasteiger partial charge in [0.15, 0.2) is 0 Å². The van der Waals surface area contributed by atoms with Crippen molar-refractivity contribution >= 4 is 5.91 Å². The Morgan fingerprint density at radius 1 is 1.13 bits per heavy atom. The number of hydrogen-bond donors (Lipinski definition) is 1. The van der Waals surface area contributed by atoms with Crippen molar-refractivity contribution in [3.8, 4) is 0 Å². The van der Waals surface area contributed by atoms with Gasteiger partial charge in [-0.1, -0.05) is 30.3 Å². The predicted octanol–water partition coefficient (Wildman–Crippen LogP) is 2.23. The molecule has 1 aromatic heterocycles. The van der Waals surface area contributed by atoms with Gasteiger partial charge < -0.3 is 10.2 Å². The molecule has 1 amide bonds. The molecule has 0 saturated carbocycles. The van der Waals surface area contributed by atoms with Gasteiger partial charge in [-0.2, -0.15) is 5.10 Å². The van der Waals surface area contributed by atoms with Crippen LogP contribution in [0.2, 0.25) is 0 Å². The van der Waals surface area contributed by atoms with Gasteiger partial charge in [0.05, 0.1) is 6.54 Å². The Bertz CT molecular complexity index is 591. The molecule has 5 nitrogen and oxygen atoms in total. The smallest absolute Gasteiger partial charge is 0.244 e. The van der Waals surface area contributed by atoms with Gasteiger partial charge in [0.2, 0.25) is 5.91 Å². The van der Waals surface area contributed by atoms with E-state index in [2.05, 4.69) is 10.4 Å². The van der Waals surface area contributed by atoms with Crippen molar-refractivity contribution in [2.75, 3.05) is 19.6 Å². The topological polar surface area (TPSA) is 50.2 Å². The van der Waals surface area contributed by atoms with Gasteiger partial charge in [-0.25, -0.2) is 0 Å². The summed E-state index contributed by atoms with van der Waals surface area (Å²) < 4.78 is 1.88. The summed E-state index contributed by atoms with van der Waals surface area (Å²) in [6.45, 7) is 3.22. The summed E-state index contributed by atoms with van der Waals surface area (Å²) in [6, 6.07) is 11.6. The molecule has 1 N–H and O–H groups in total. The first-order chi connectivity index (χ1) is 11.3. The lowest BCUT2D eigenvalue weighted by Crippen LogP contribution is -2.44. The van der Waals surface area contributed by atoms with E-state index in [0.29, 0.717) is 6.54 Å². The number of nitrogens with one attached hydrogen (secondary N) is 1. The van der Waals surface area contributed by atoms with E-state index in [1.54, 1.807) is 6.20 Å². The molecule has 2 heterocycles. The number of piperidine rings is 1. The van der Waals surface area contributed by atoms with Crippen LogP contribution in [0.1, 0.15) is 30.9 Å². The Morgan fingerprint density at radius 2 is 1.91 bits per heavy atom. The molecule has 0 aliphatic carbocycles. The zero-order chi connectivity index (χ0) is 15.9. The average molecular weight is 312 g/mol. The normalized spacial score (nSPS) is 16.3. The molecule has 1 fully saturated rings. The number of likely N-dealkylation sites (tertiary alicyclic amines) is 1. The summed E-state index contributed by atoms with van der Waals surface area (Å²) in [4.78, 5) is 14.9. The van der Waals surface area contributed by atoms with Gasteiger partial charge in [-0.05, 0) is 30.9 Å².